The number of nitrogens with zero attached hydrogens (tertiary/aromatic N) is 4. The average molecular weight is 385 g/mol. The van der Waals surface area contributed by atoms with E-state index in [1.807, 2.05) is 0 Å². The van der Waals surface area contributed by atoms with Crippen molar-refractivity contribution in [1.29, 1.82) is 0 Å². The molecule has 0 amide bonds. The van der Waals surface area contributed by atoms with Crippen LogP contribution in [0.1, 0.15) is 11.3 Å². The molecule has 0 fully saturated rings. The number of hydrogen-bond acceptors (Lipinski definition) is 6. The maximum atomic E-state index is 12.1. The summed E-state index contributed by atoms with van der Waals surface area (Å²) in [7, 11) is -3.74. The lowest BCUT2D eigenvalue weighted by Gasteiger charge is -2.02. The van der Waals surface area contributed by atoms with Crippen LogP contribution in [0.15, 0.2) is 70.8 Å². The zero-order valence-corrected chi connectivity index (χ0v) is 15.0. The summed E-state index contributed by atoms with van der Waals surface area (Å²) in [6.07, 6.45) is 3.00. The van der Waals surface area contributed by atoms with Gasteiger partial charge in [0.05, 0.1) is 27.4 Å². The second kappa shape index (κ2) is 7.38. The fourth-order valence-electron chi connectivity index (χ4n) is 2.28. The van der Waals surface area contributed by atoms with E-state index in [0.717, 1.165) is 0 Å². The SMILES string of the molecule is Cc1nn(-c2ccc([N+](=O)[O-])cc2)cc1C=NNS(=O)(=O)c1ccccc1. The van der Waals surface area contributed by atoms with Gasteiger partial charge in [-0.15, -0.1) is 0 Å². The van der Waals surface area contributed by atoms with Crippen molar-refractivity contribution in [2.45, 2.75) is 11.8 Å². The Kier molecular flexibility index (Phi) is 4.99. The molecule has 0 saturated heterocycles. The topological polar surface area (TPSA) is 119 Å². The highest BCUT2D eigenvalue weighted by molar-refractivity contribution is 7.89. The van der Waals surface area contributed by atoms with Crippen molar-refractivity contribution in [3.63, 3.8) is 0 Å². The number of aromatic nitrogens is 2. The first-order valence-corrected chi connectivity index (χ1v) is 9.26. The zero-order chi connectivity index (χ0) is 19.4. The maximum Gasteiger partial charge on any atom is 0.276 e. The predicted octanol–water partition coefficient (Wildman–Crippen LogP) is 2.40. The zero-order valence-electron chi connectivity index (χ0n) is 14.2. The van der Waals surface area contributed by atoms with Crippen LogP contribution in [0.3, 0.4) is 0 Å². The van der Waals surface area contributed by atoms with Crippen molar-refractivity contribution in [3.05, 3.63) is 82.2 Å². The van der Waals surface area contributed by atoms with Gasteiger partial charge in [-0.1, -0.05) is 18.2 Å². The van der Waals surface area contributed by atoms with Gasteiger partial charge in [-0.3, -0.25) is 10.1 Å². The van der Waals surface area contributed by atoms with Crippen molar-refractivity contribution in [3.8, 4) is 5.69 Å². The third kappa shape index (κ3) is 4.18. The number of rotatable bonds is 6. The average Bonchev–Trinajstić information content (AvgIpc) is 3.03. The fourth-order valence-corrected chi connectivity index (χ4v) is 3.09. The van der Waals surface area contributed by atoms with Gasteiger partial charge in [0.15, 0.2) is 0 Å². The number of hydrogen-bond donors (Lipinski definition) is 1. The molecule has 0 unspecified atom stereocenters. The smallest absolute Gasteiger partial charge is 0.258 e. The third-order valence-electron chi connectivity index (χ3n) is 3.69. The summed E-state index contributed by atoms with van der Waals surface area (Å²) < 4.78 is 25.8. The van der Waals surface area contributed by atoms with Gasteiger partial charge in [-0.05, 0) is 31.2 Å². The first-order chi connectivity index (χ1) is 12.9. The van der Waals surface area contributed by atoms with Gasteiger partial charge >= 0.3 is 0 Å². The highest BCUT2D eigenvalue weighted by atomic mass is 32.2. The van der Waals surface area contributed by atoms with E-state index in [-0.39, 0.29) is 10.6 Å². The van der Waals surface area contributed by atoms with Crippen LogP contribution in [-0.4, -0.2) is 29.3 Å². The minimum absolute atomic E-state index is 0.0141. The van der Waals surface area contributed by atoms with Crippen LogP contribution in [-0.2, 0) is 10.0 Å². The molecule has 0 radical (unpaired) electrons. The highest BCUT2D eigenvalue weighted by Crippen LogP contribution is 2.16. The number of nitrogens with one attached hydrogen (secondary N) is 1. The van der Waals surface area contributed by atoms with E-state index in [2.05, 4.69) is 15.0 Å². The first-order valence-electron chi connectivity index (χ1n) is 7.78. The van der Waals surface area contributed by atoms with Crippen molar-refractivity contribution in [2.75, 3.05) is 0 Å². The summed E-state index contributed by atoms with van der Waals surface area (Å²) >= 11 is 0. The van der Waals surface area contributed by atoms with E-state index >= 15 is 0 Å². The third-order valence-corrected chi connectivity index (χ3v) is 4.93. The molecule has 27 heavy (non-hydrogen) atoms. The molecule has 9 nitrogen and oxygen atoms in total. The van der Waals surface area contributed by atoms with Gasteiger partial charge < -0.3 is 0 Å². The molecule has 3 aromatic rings. The van der Waals surface area contributed by atoms with Gasteiger partial charge in [0.2, 0.25) is 0 Å². The van der Waals surface area contributed by atoms with E-state index in [1.165, 1.54) is 35.2 Å². The molecule has 0 bridgehead atoms. The normalized spacial score (nSPS) is 11.6. The van der Waals surface area contributed by atoms with Crippen LogP contribution in [0, 0.1) is 17.0 Å². The lowest BCUT2D eigenvalue weighted by Crippen LogP contribution is -2.18. The second-order valence-corrected chi connectivity index (χ2v) is 7.21. The molecule has 1 N–H and O–H groups in total. The summed E-state index contributed by atoms with van der Waals surface area (Å²) in [5.74, 6) is 0. The molecule has 0 saturated carbocycles. The van der Waals surface area contributed by atoms with Gasteiger partial charge in [-0.25, -0.2) is 9.51 Å². The van der Waals surface area contributed by atoms with Crippen LogP contribution < -0.4 is 4.83 Å². The quantitative estimate of drug-likeness (QED) is 0.397. The van der Waals surface area contributed by atoms with E-state index in [9.17, 15) is 18.5 Å². The summed E-state index contributed by atoms with van der Waals surface area (Å²) in [5.41, 5.74) is 1.84. The Balaban J connectivity index is 1.77. The minimum atomic E-state index is -3.74. The van der Waals surface area contributed by atoms with Crippen LogP contribution in [0.4, 0.5) is 5.69 Å². The summed E-state index contributed by atoms with van der Waals surface area (Å²) in [4.78, 5) is 12.5. The number of sulfonamides is 1. The lowest BCUT2D eigenvalue weighted by molar-refractivity contribution is -0.384. The molecule has 0 aliphatic rings. The van der Waals surface area contributed by atoms with Crippen LogP contribution in [0.5, 0.6) is 0 Å². The largest absolute Gasteiger partial charge is 0.276 e. The van der Waals surface area contributed by atoms with Crippen LogP contribution in [0.2, 0.25) is 0 Å². The molecule has 2 aromatic carbocycles. The van der Waals surface area contributed by atoms with E-state index in [1.54, 1.807) is 43.5 Å². The molecule has 0 atom stereocenters. The molecule has 1 heterocycles. The number of nitro benzene ring substituents is 1. The predicted molar refractivity (Wildman–Crippen MR) is 99.3 cm³/mol. The maximum absolute atomic E-state index is 12.1. The Morgan fingerprint density at radius 3 is 2.44 bits per heavy atom. The van der Waals surface area contributed by atoms with Crippen molar-refractivity contribution in [1.82, 2.24) is 14.6 Å². The number of benzene rings is 2. The van der Waals surface area contributed by atoms with Crippen LogP contribution in [0.25, 0.3) is 5.69 Å². The first kappa shape index (κ1) is 18.3. The molecule has 0 aliphatic heterocycles. The lowest BCUT2D eigenvalue weighted by atomic mass is 10.3. The monoisotopic (exact) mass is 385 g/mol. The van der Waals surface area contributed by atoms with Gasteiger partial charge in [0, 0.05) is 23.9 Å². The molecule has 10 heteroatoms. The number of hydrazone groups is 1. The Bertz CT molecular complexity index is 1090. The molecule has 0 aliphatic carbocycles. The van der Waals surface area contributed by atoms with Crippen LogP contribution >= 0.6 is 0 Å². The van der Waals surface area contributed by atoms with Crippen molar-refractivity contribution in [2.24, 2.45) is 5.10 Å². The fraction of sp³-hybridized carbons (Fsp3) is 0.0588. The molecule has 138 valence electrons. The Hall–Kier alpha value is -3.53. The number of aryl methyl sites for hydroxylation is 1. The minimum Gasteiger partial charge on any atom is -0.258 e. The number of nitro groups is 1. The molecular formula is C17H15N5O4S. The van der Waals surface area contributed by atoms with Crippen molar-refractivity contribution >= 4 is 21.9 Å². The highest BCUT2D eigenvalue weighted by Gasteiger charge is 2.12. The molecule has 1 aromatic heterocycles. The standard InChI is InChI=1S/C17H15N5O4S/c1-13-14(11-18-20-27(25,26)17-5-3-2-4-6-17)12-21(19-13)15-7-9-16(10-8-15)22(23)24/h2-12,20H,1H3. The molecule has 3 rings (SSSR count). The summed E-state index contributed by atoms with van der Waals surface area (Å²) in [6.45, 7) is 1.74. The van der Waals surface area contributed by atoms with E-state index < -0.39 is 14.9 Å². The second-order valence-electron chi connectivity index (χ2n) is 5.55. The molecule has 0 spiro atoms. The summed E-state index contributed by atoms with van der Waals surface area (Å²) in [6, 6.07) is 13.8. The van der Waals surface area contributed by atoms with Gasteiger partial charge in [-0.2, -0.15) is 18.6 Å². The Morgan fingerprint density at radius 2 is 1.81 bits per heavy atom. The van der Waals surface area contributed by atoms with Crippen molar-refractivity contribution < 1.29 is 13.3 Å². The Labute approximate surface area is 155 Å². The Morgan fingerprint density at radius 1 is 1.15 bits per heavy atom. The van der Waals surface area contributed by atoms with E-state index in [0.29, 0.717) is 16.9 Å². The molecular weight excluding hydrogens is 370 g/mol. The van der Waals surface area contributed by atoms with E-state index in [4.69, 9.17) is 0 Å². The summed E-state index contributed by atoms with van der Waals surface area (Å²) in [5, 5.41) is 18.8. The van der Waals surface area contributed by atoms with Gasteiger partial charge in [0.25, 0.3) is 15.7 Å². The van der Waals surface area contributed by atoms with Gasteiger partial charge in [0.1, 0.15) is 0 Å². The number of non-ortho nitro benzene ring substituents is 1.